The normalized spacial score (nSPS) is 10.7. The third-order valence-electron chi connectivity index (χ3n) is 3.82. The van der Waals surface area contributed by atoms with Gasteiger partial charge in [0, 0.05) is 29.7 Å². The number of hydrogen-bond acceptors (Lipinski definition) is 9. The molecule has 0 spiro atoms. The van der Waals surface area contributed by atoms with Gasteiger partial charge in [-0.25, -0.2) is 4.98 Å². The number of benzene rings is 1. The fourth-order valence-corrected chi connectivity index (χ4v) is 2.97. The average Bonchev–Trinajstić information content (AvgIpc) is 3.41. The Bertz CT molecular complexity index is 1080. The molecular formula is C18H14ClN7O2S. The number of rotatable bonds is 7. The number of anilines is 2. The Hall–Kier alpha value is -3.37. The van der Waals surface area contributed by atoms with E-state index in [1.54, 1.807) is 29.8 Å². The lowest BCUT2D eigenvalue weighted by Gasteiger charge is -2.05. The van der Waals surface area contributed by atoms with E-state index in [-0.39, 0.29) is 5.91 Å². The second-order valence-corrected chi connectivity index (χ2v) is 7.10. The molecule has 4 aromatic rings. The molecule has 9 nitrogen and oxygen atoms in total. The van der Waals surface area contributed by atoms with E-state index in [0.29, 0.717) is 46.2 Å². The van der Waals surface area contributed by atoms with Gasteiger partial charge < -0.3 is 9.84 Å². The van der Waals surface area contributed by atoms with Crippen LogP contribution in [0.2, 0.25) is 5.02 Å². The Labute approximate surface area is 174 Å². The van der Waals surface area contributed by atoms with Gasteiger partial charge in [0.1, 0.15) is 11.3 Å². The van der Waals surface area contributed by atoms with Gasteiger partial charge in [0.15, 0.2) is 0 Å². The summed E-state index contributed by atoms with van der Waals surface area (Å²) in [6.45, 7) is 0.547. The van der Waals surface area contributed by atoms with Gasteiger partial charge in [-0.3, -0.25) is 10.1 Å². The van der Waals surface area contributed by atoms with Crippen molar-refractivity contribution in [1.82, 2.24) is 25.3 Å². The van der Waals surface area contributed by atoms with E-state index in [1.165, 1.54) is 17.5 Å². The van der Waals surface area contributed by atoms with E-state index in [4.69, 9.17) is 16.1 Å². The Morgan fingerprint density at radius 1 is 1.17 bits per heavy atom. The molecule has 1 amide bonds. The van der Waals surface area contributed by atoms with Gasteiger partial charge in [-0.2, -0.15) is 4.98 Å². The second kappa shape index (κ2) is 8.76. The summed E-state index contributed by atoms with van der Waals surface area (Å²) in [5.41, 5.74) is 2.81. The molecule has 0 saturated carbocycles. The molecule has 3 aromatic heterocycles. The molecule has 4 rings (SSSR count). The minimum absolute atomic E-state index is 0.290. The number of carbonyl (C=O) groups is 1. The minimum atomic E-state index is -0.290. The Kier molecular flexibility index (Phi) is 5.73. The fourth-order valence-electron chi connectivity index (χ4n) is 2.40. The van der Waals surface area contributed by atoms with Crippen molar-refractivity contribution in [2.24, 2.45) is 0 Å². The summed E-state index contributed by atoms with van der Waals surface area (Å²) in [5.74, 6) is 1.37. The van der Waals surface area contributed by atoms with Crippen LogP contribution in [0.1, 0.15) is 16.2 Å². The van der Waals surface area contributed by atoms with Crippen molar-refractivity contribution in [2.45, 2.75) is 6.42 Å². The van der Waals surface area contributed by atoms with Crippen LogP contribution in [-0.2, 0) is 6.42 Å². The summed E-state index contributed by atoms with van der Waals surface area (Å²) < 4.78 is 5.27. The standard InChI is InChI=1S/C18H14ClN7O2S/c19-13-4-1-11(2-5-13)16-23-15(28-26-16)7-8-20-14-6-3-12(9-21-14)17(27)24-18-25-22-10-29-18/h1-6,9-10H,7-8H2,(H,20,21)(H,24,25,27). The van der Waals surface area contributed by atoms with Gasteiger partial charge >= 0.3 is 0 Å². The van der Waals surface area contributed by atoms with Crippen molar-refractivity contribution in [1.29, 1.82) is 0 Å². The topological polar surface area (TPSA) is 119 Å². The van der Waals surface area contributed by atoms with Gasteiger partial charge in [0.25, 0.3) is 5.91 Å². The van der Waals surface area contributed by atoms with Crippen LogP contribution in [0.4, 0.5) is 10.9 Å². The smallest absolute Gasteiger partial charge is 0.259 e. The van der Waals surface area contributed by atoms with Gasteiger partial charge in [-0.05, 0) is 36.4 Å². The van der Waals surface area contributed by atoms with Crippen LogP contribution in [0.5, 0.6) is 0 Å². The van der Waals surface area contributed by atoms with E-state index in [2.05, 4.69) is 36.0 Å². The average molecular weight is 428 g/mol. The third kappa shape index (κ3) is 4.92. The largest absolute Gasteiger partial charge is 0.370 e. The number of aromatic nitrogens is 5. The molecule has 0 aliphatic heterocycles. The first-order chi connectivity index (χ1) is 14.2. The first kappa shape index (κ1) is 19.0. The maximum Gasteiger partial charge on any atom is 0.259 e. The highest BCUT2D eigenvalue weighted by atomic mass is 35.5. The highest BCUT2D eigenvalue weighted by molar-refractivity contribution is 7.13. The molecule has 146 valence electrons. The summed E-state index contributed by atoms with van der Waals surface area (Å²) in [7, 11) is 0. The molecule has 0 radical (unpaired) electrons. The van der Waals surface area contributed by atoms with Crippen molar-refractivity contribution < 1.29 is 9.32 Å². The number of nitrogens with zero attached hydrogens (tertiary/aromatic N) is 5. The molecule has 0 fully saturated rings. The molecule has 11 heteroatoms. The summed E-state index contributed by atoms with van der Waals surface area (Å²) in [6.07, 6.45) is 2.02. The second-order valence-electron chi connectivity index (χ2n) is 5.83. The van der Waals surface area contributed by atoms with E-state index in [9.17, 15) is 4.79 Å². The number of pyridine rings is 1. The first-order valence-electron chi connectivity index (χ1n) is 8.53. The van der Waals surface area contributed by atoms with Crippen LogP contribution in [0, 0.1) is 0 Å². The van der Waals surface area contributed by atoms with E-state index >= 15 is 0 Å². The van der Waals surface area contributed by atoms with Crippen molar-refractivity contribution >= 4 is 39.8 Å². The molecule has 0 aliphatic carbocycles. The van der Waals surface area contributed by atoms with Gasteiger partial charge in [0.2, 0.25) is 16.8 Å². The van der Waals surface area contributed by atoms with Crippen LogP contribution in [0.25, 0.3) is 11.4 Å². The zero-order chi connectivity index (χ0) is 20.1. The van der Waals surface area contributed by atoms with Crippen LogP contribution >= 0.6 is 22.9 Å². The molecule has 1 aromatic carbocycles. The summed E-state index contributed by atoms with van der Waals surface area (Å²) in [6, 6.07) is 10.6. The first-order valence-corrected chi connectivity index (χ1v) is 9.79. The highest BCUT2D eigenvalue weighted by Gasteiger charge is 2.10. The van der Waals surface area contributed by atoms with E-state index in [0.717, 1.165) is 5.56 Å². The quantitative estimate of drug-likeness (QED) is 0.459. The Morgan fingerprint density at radius 3 is 2.76 bits per heavy atom. The van der Waals surface area contributed by atoms with Gasteiger partial charge in [-0.15, -0.1) is 10.2 Å². The Balaban J connectivity index is 1.28. The Morgan fingerprint density at radius 2 is 2.03 bits per heavy atom. The number of halogens is 1. The van der Waals surface area contributed by atoms with Gasteiger partial charge in [-0.1, -0.05) is 28.1 Å². The molecular weight excluding hydrogens is 414 g/mol. The lowest BCUT2D eigenvalue weighted by atomic mass is 10.2. The summed E-state index contributed by atoms with van der Waals surface area (Å²) in [5, 5.41) is 18.3. The van der Waals surface area contributed by atoms with Crippen molar-refractivity contribution in [3.8, 4) is 11.4 Å². The molecule has 29 heavy (non-hydrogen) atoms. The lowest BCUT2D eigenvalue weighted by molar-refractivity contribution is 0.102. The SMILES string of the molecule is O=C(Nc1nncs1)c1ccc(NCCc2nc(-c3ccc(Cl)cc3)no2)nc1. The fraction of sp³-hybridized carbons (Fsp3) is 0.111. The van der Waals surface area contributed by atoms with E-state index in [1.807, 2.05) is 12.1 Å². The highest BCUT2D eigenvalue weighted by Crippen LogP contribution is 2.19. The van der Waals surface area contributed by atoms with E-state index < -0.39 is 0 Å². The zero-order valence-corrected chi connectivity index (χ0v) is 16.4. The van der Waals surface area contributed by atoms with Crippen molar-refractivity contribution in [3.63, 3.8) is 0 Å². The van der Waals surface area contributed by atoms with Crippen LogP contribution in [-0.4, -0.2) is 37.8 Å². The van der Waals surface area contributed by atoms with Crippen LogP contribution in [0.15, 0.2) is 52.6 Å². The summed E-state index contributed by atoms with van der Waals surface area (Å²) in [4.78, 5) is 20.7. The molecule has 0 bridgehead atoms. The molecule has 0 unspecified atom stereocenters. The maximum atomic E-state index is 12.1. The number of amides is 1. The van der Waals surface area contributed by atoms with Crippen molar-refractivity contribution in [2.75, 3.05) is 17.2 Å². The molecule has 0 aliphatic rings. The zero-order valence-electron chi connectivity index (χ0n) is 14.9. The molecule has 2 N–H and O–H groups in total. The maximum absolute atomic E-state index is 12.1. The predicted octanol–water partition coefficient (Wildman–Crippen LogP) is 3.54. The molecule has 0 saturated heterocycles. The predicted molar refractivity (Wildman–Crippen MR) is 109 cm³/mol. The number of nitrogens with one attached hydrogen (secondary N) is 2. The molecule has 3 heterocycles. The number of hydrogen-bond donors (Lipinski definition) is 2. The summed E-state index contributed by atoms with van der Waals surface area (Å²) >= 11 is 7.13. The monoisotopic (exact) mass is 427 g/mol. The number of carbonyl (C=O) groups excluding carboxylic acids is 1. The van der Waals surface area contributed by atoms with Crippen molar-refractivity contribution in [3.05, 3.63) is 64.6 Å². The lowest BCUT2D eigenvalue weighted by Crippen LogP contribution is -2.13. The van der Waals surface area contributed by atoms with Crippen LogP contribution < -0.4 is 10.6 Å². The molecule has 0 atom stereocenters. The van der Waals surface area contributed by atoms with Crippen LogP contribution in [0.3, 0.4) is 0 Å². The van der Waals surface area contributed by atoms with Gasteiger partial charge in [0.05, 0.1) is 5.56 Å². The minimum Gasteiger partial charge on any atom is -0.370 e. The third-order valence-corrected chi connectivity index (χ3v) is 4.68.